The Balaban J connectivity index is 1.82. The summed E-state index contributed by atoms with van der Waals surface area (Å²) in [5.74, 6) is 0.0812. The molecule has 1 atom stereocenters. The molecule has 1 amide bonds. The second-order valence-corrected chi connectivity index (χ2v) is 6.51. The van der Waals surface area contributed by atoms with Crippen molar-refractivity contribution >= 4 is 17.7 Å². The Kier molecular flexibility index (Phi) is 4.96. The van der Waals surface area contributed by atoms with E-state index in [2.05, 4.69) is 10.3 Å². The van der Waals surface area contributed by atoms with Crippen molar-refractivity contribution in [2.45, 2.75) is 17.7 Å². The van der Waals surface area contributed by atoms with Crippen LogP contribution in [0.4, 0.5) is 0 Å². The van der Waals surface area contributed by atoms with Gasteiger partial charge in [-0.2, -0.15) is 0 Å². The molecule has 7 heteroatoms. The first kappa shape index (κ1) is 17.3. The molecule has 2 aromatic heterocycles. The molecule has 0 spiro atoms. The predicted molar refractivity (Wildman–Crippen MR) is 96.0 cm³/mol. The minimum atomic E-state index is -1.29. The summed E-state index contributed by atoms with van der Waals surface area (Å²) >= 11 is 1.46. The lowest BCUT2D eigenvalue weighted by molar-refractivity contribution is 0.0329. The first-order chi connectivity index (χ1) is 12.0. The van der Waals surface area contributed by atoms with E-state index in [9.17, 15) is 9.90 Å². The maximum atomic E-state index is 12.7. The number of para-hydroxylation sites is 1. The molecule has 0 fully saturated rings. The van der Waals surface area contributed by atoms with Gasteiger partial charge in [-0.15, -0.1) is 0 Å². The number of hydrogen-bond acceptors (Lipinski definition) is 5. The quantitative estimate of drug-likeness (QED) is 0.663. The Morgan fingerprint density at radius 3 is 2.72 bits per heavy atom. The monoisotopic (exact) mass is 357 g/mol. The summed E-state index contributed by atoms with van der Waals surface area (Å²) in [6, 6.07) is 12.9. The van der Waals surface area contributed by atoms with E-state index in [-0.39, 0.29) is 12.5 Å². The molecule has 0 aliphatic heterocycles. The van der Waals surface area contributed by atoms with Crippen LogP contribution in [0.25, 0.3) is 5.69 Å². The van der Waals surface area contributed by atoms with E-state index in [4.69, 9.17) is 4.42 Å². The van der Waals surface area contributed by atoms with Crippen LogP contribution in [0.1, 0.15) is 23.2 Å². The summed E-state index contributed by atoms with van der Waals surface area (Å²) < 4.78 is 7.02. The highest BCUT2D eigenvalue weighted by molar-refractivity contribution is 7.98. The minimum Gasteiger partial charge on any atom is -0.466 e. The van der Waals surface area contributed by atoms with Crippen LogP contribution in [0.3, 0.4) is 0 Å². The number of furan rings is 1. The number of imidazole rings is 1. The molecule has 0 saturated heterocycles. The molecule has 0 bridgehead atoms. The molecule has 0 aliphatic rings. The van der Waals surface area contributed by atoms with E-state index in [0.29, 0.717) is 16.6 Å². The zero-order chi connectivity index (χ0) is 17.9. The third-order valence-corrected chi connectivity index (χ3v) is 4.46. The molecule has 6 nitrogen and oxygen atoms in total. The zero-order valence-electron chi connectivity index (χ0n) is 14.0. The van der Waals surface area contributed by atoms with Crippen molar-refractivity contribution in [3.05, 3.63) is 66.4 Å². The van der Waals surface area contributed by atoms with Gasteiger partial charge in [0.1, 0.15) is 17.1 Å². The molecule has 2 N–H and O–H groups in total. The number of amides is 1. The van der Waals surface area contributed by atoms with Crippen molar-refractivity contribution in [1.29, 1.82) is 0 Å². The number of thioether (sulfide) groups is 1. The lowest BCUT2D eigenvalue weighted by atomic mass is 10.0. The van der Waals surface area contributed by atoms with E-state index in [1.54, 1.807) is 23.6 Å². The minimum absolute atomic E-state index is 0.0217. The van der Waals surface area contributed by atoms with Crippen molar-refractivity contribution in [3.8, 4) is 5.69 Å². The van der Waals surface area contributed by atoms with Gasteiger partial charge < -0.3 is 14.8 Å². The number of aliphatic hydroxyl groups is 1. The molecule has 0 radical (unpaired) electrons. The fraction of sp³-hybridized carbons (Fsp3) is 0.222. The summed E-state index contributed by atoms with van der Waals surface area (Å²) in [5.41, 5.74) is -0.0304. The van der Waals surface area contributed by atoms with Crippen molar-refractivity contribution < 1.29 is 14.3 Å². The number of benzene rings is 1. The van der Waals surface area contributed by atoms with Gasteiger partial charge in [-0.1, -0.05) is 30.0 Å². The number of rotatable bonds is 6. The SMILES string of the molecule is CSc1ncc(C(=O)NC[C@@](C)(O)c2ccco2)n1-c1ccccc1. The maximum Gasteiger partial charge on any atom is 0.270 e. The topological polar surface area (TPSA) is 80.3 Å². The van der Waals surface area contributed by atoms with Crippen LogP contribution in [0.5, 0.6) is 0 Å². The summed E-state index contributed by atoms with van der Waals surface area (Å²) in [4.78, 5) is 17.0. The highest BCUT2D eigenvalue weighted by atomic mass is 32.2. The Bertz CT molecular complexity index is 842. The van der Waals surface area contributed by atoms with Gasteiger partial charge in [0.25, 0.3) is 5.91 Å². The van der Waals surface area contributed by atoms with Crippen molar-refractivity contribution in [2.75, 3.05) is 12.8 Å². The molecule has 3 aromatic rings. The Morgan fingerprint density at radius 2 is 2.08 bits per heavy atom. The summed E-state index contributed by atoms with van der Waals surface area (Å²) in [5, 5.41) is 13.9. The molecule has 130 valence electrons. The van der Waals surface area contributed by atoms with Crippen LogP contribution < -0.4 is 5.32 Å². The molecule has 1 aromatic carbocycles. The molecule has 0 saturated carbocycles. The van der Waals surface area contributed by atoms with Crippen LogP contribution in [-0.4, -0.2) is 33.4 Å². The number of carbonyl (C=O) groups is 1. The van der Waals surface area contributed by atoms with Gasteiger partial charge in [0, 0.05) is 5.69 Å². The van der Waals surface area contributed by atoms with E-state index in [1.807, 2.05) is 36.6 Å². The lowest BCUT2D eigenvalue weighted by Crippen LogP contribution is -2.39. The molecule has 0 aliphatic carbocycles. The van der Waals surface area contributed by atoms with Gasteiger partial charge in [-0.3, -0.25) is 9.36 Å². The van der Waals surface area contributed by atoms with Crippen LogP contribution >= 0.6 is 11.8 Å². The second kappa shape index (κ2) is 7.16. The Labute approximate surface area is 149 Å². The average molecular weight is 357 g/mol. The summed E-state index contributed by atoms with van der Waals surface area (Å²) in [7, 11) is 0. The molecular formula is C18H19N3O3S. The number of nitrogens with one attached hydrogen (secondary N) is 1. The van der Waals surface area contributed by atoms with Crippen molar-refractivity contribution in [1.82, 2.24) is 14.9 Å². The van der Waals surface area contributed by atoms with Gasteiger partial charge in [-0.25, -0.2) is 4.98 Å². The standard InChI is InChI=1S/C18H19N3O3S/c1-18(23,15-9-6-10-24-15)12-20-16(22)14-11-19-17(25-2)21(14)13-7-4-3-5-8-13/h3-11,23H,12H2,1-2H3,(H,20,22)/t18-/m1/s1. The smallest absolute Gasteiger partial charge is 0.270 e. The number of nitrogens with zero attached hydrogens (tertiary/aromatic N) is 2. The third-order valence-electron chi connectivity index (χ3n) is 3.80. The van der Waals surface area contributed by atoms with Crippen LogP contribution in [0, 0.1) is 0 Å². The van der Waals surface area contributed by atoms with Crippen LogP contribution in [0.15, 0.2) is 64.5 Å². The fourth-order valence-corrected chi connectivity index (χ4v) is 3.03. The van der Waals surface area contributed by atoms with Gasteiger partial charge in [0.05, 0.1) is 19.0 Å². The third kappa shape index (κ3) is 3.62. The van der Waals surface area contributed by atoms with Gasteiger partial charge >= 0.3 is 0 Å². The number of aromatic nitrogens is 2. The van der Waals surface area contributed by atoms with E-state index >= 15 is 0 Å². The average Bonchev–Trinajstić information content (AvgIpc) is 3.30. The van der Waals surface area contributed by atoms with E-state index in [1.165, 1.54) is 24.2 Å². The Hall–Kier alpha value is -2.51. The lowest BCUT2D eigenvalue weighted by Gasteiger charge is -2.21. The summed E-state index contributed by atoms with van der Waals surface area (Å²) in [6.45, 7) is 1.61. The predicted octanol–water partition coefficient (Wildman–Crippen LogP) is 2.82. The molecular weight excluding hydrogens is 338 g/mol. The van der Waals surface area contributed by atoms with Crippen LogP contribution in [0.2, 0.25) is 0 Å². The molecule has 0 unspecified atom stereocenters. The zero-order valence-corrected chi connectivity index (χ0v) is 14.8. The highest BCUT2D eigenvalue weighted by Crippen LogP contribution is 2.23. The van der Waals surface area contributed by atoms with E-state index in [0.717, 1.165) is 5.69 Å². The van der Waals surface area contributed by atoms with E-state index < -0.39 is 5.60 Å². The Morgan fingerprint density at radius 1 is 1.32 bits per heavy atom. The maximum absolute atomic E-state index is 12.7. The summed E-state index contributed by atoms with van der Waals surface area (Å²) in [6.07, 6.45) is 4.93. The fourth-order valence-electron chi connectivity index (χ4n) is 2.48. The first-order valence-electron chi connectivity index (χ1n) is 7.74. The molecule has 25 heavy (non-hydrogen) atoms. The van der Waals surface area contributed by atoms with Crippen molar-refractivity contribution in [3.63, 3.8) is 0 Å². The highest BCUT2D eigenvalue weighted by Gasteiger charge is 2.28. The van der Waals surface area contributed by atoms with Crippen LogP contribution in [-0.2, 0) is 5.60 Å². The second-order valence-electron chi connectivity index (χ2n) is 5.73. The van der Waals surface area contributed by atoms with Crippen molar-refractivity contribution in [2.24, 2.45) is 0 Å². The first-order valence-corrected chi connectivity index (χ1v) is 8.97. The van der Waals surface area contributed by atoms with Gasteiger partial charge in [0.2, 0.25) is 0 Å². The van der Waals surface area contributed by atoms with Gasteiger partial charge in [0.15, 0.2) is 5.16 Å². The normalized spacial score (nSPS) is 13.4. The largest absolute Gasteiger partial charge is 0.466 e. The molecule has 2 heterocycles. The number of hydrogen-bond donors (Lipinski definition) is 2. The molecule has 3 rings (SSSR count). The van der Waals surface area contributed by atoms with Gasteiger partial charge in [-0.05, 0) is 37.4 Å². The number of carbonyl (C=O) groups excluding carboxylic acids is 1.